The van der Waals surface area contributed by atoms with Crippen LogP contribution in [0.15, 0.2) is 81.5 Å². The lowest BCUT2D eigenvalue weighted by Crippen LogP contribution is -2.32. The van der Waals surface area contributed by atoms with Crippen LogP contribution in [0.4, 0.5) is 11.4 Å². The molecular formula is C39H43N3O6S. The van der Waals surface area contributed by atoms with E-state index in [1.807, 2.05) is 42.7 Å². The van der Waals surface area contributed by atoms with E-state index in [-0.39, 0.29) is 46.8 Å². The van der Waals surface area contributed by atoms with Crippen molar-refractivity contribution in [2.24, 2.45) is 22.1 Å². The second kappa shape index (κ2) is 15.5. The first-order valence-corrected chi connectivity index (χ1v) is 18.5. The molecule has 2 saturated carbocycles. The fraction of sp³-hybridized carbons (Fsp3) is 0.436. The zero-order valence-corrected chi connectivity index (χ0v) is 29.2. The molecule has 0 N–H and O–H groups in total. The normalized spacial score (nSPS) is 21.4. The number of anilines is 2. The highest BCUT2D eigenvalue weighted by molar-refractivity contribution is 7.98. The van der Waals surface area contributed by atoms with Crippen molar-refractivity contribution in [1.29, 1.82) is 0 Å². The van der Waals surface area contributed by atoms with Crippen LogP contribution in [-0.4, -0.2) is 47.2 Å². The molecule has 0 radical (unpaired) electrons. The van der Waals surface area contributed by atoms with Gasteiger partial charge in [0.05, 0.1) is 6.04 Å². The Labute approximate surface area is 291 Å². The molecule has 2 aromatic carbocycles. The third-order valence-electron chi connectivity index (χ3n) is 10.0. The molecule has 0 saturated heterocycles. The zero-order chi connectivity index (χ0) is 34.5. The largest absolute Gasteiger partial charge is 0.333 e. The molecule has 6 rings (SSSR count). The number of hydrogen-bond donors (Lipinski definition) is 0. The minimum atomic E-state index is -0.567. The Morgan fingerprint density at radius 1 is 0.755 bits per heavy atom. The van der Waals surface area contributed by atoms with Gasteiger partial charge in [-0.3, -0.25) is 9.59 Å². The van der Waals surface area contributed by atoms with Crippen molar-refractivity contribution in [3.8, 4) is 0 Å². The molecule has 49 heavy (non-hydrogen) atoms. The second-order valence-corrected chi connectivity index (χ2v) is 14.2. The SMILES string of the molecule is CSc1ccc(N2c3ccc(C(=O)/C(=N/OC(C)=O)C4CCCCC4)cc3C3C=C(C(=O)/C(=N/OC(C)=O)C4CCCCC4)C=CC32)cc1. The summed E-state index contributed by atoms with van der Waals surface area (Å²) in [6.07, 6.45) is 17.4. The van der Waals surface area contributed by atoms with Gasteiger partial charge in [-0.2, -0.15) is 0 Å². The van der Waals surface area contributed by atoms with E-state index >= 15 is 0 Å². The van der Waals surface area contributed by atoms with Gasteiger partial charge in [-0.1, -0.05) is 67.1 Å². The van der Waals surface area contributed by atoms with Crippen molar-refractivity contribution in [2.75, 3.05) is 11.2 Å². The van der Waals surface area contributed by atoms with E-state index in [9.17, 15) is 19.2 Å². The van der Waals surface area contributed by atoms with Gasteiger partial charge in [0.25, 0.3) is 0 Å². The first kappa shape index (κ1) is 34.5. The standard InChI is InChI=1S/C39H43N3O6S/c1-24(43)47-40-36(26-10-6-4-7-11-26)38(45)28-14-20-34-32(22-28)33-23-29(15-21-35(33)42(34)30-16-18-31(49-3)19-17-30)39(46)37(41-48-25(2)44)27-12-8-5-9-13-27/h14-23,26-27,32,34H,4-13H2,1-3H3/b40-36+,41-37+. The minimum absolute atomic E-state index is 0.0751. The number of hydrogen-bond acceptors (Lipinski definition) is 10. The summed E-state index contributed by atoms with van der Waals surface area (Å²) in [5.74, 6) is -2.04. The summed E-state index contributed by atoms with van der Waals surface area (Å²) < 4.78 is 0. The molecule has 9 nitrogen and oxygen atoms in total. The number of oxime groups is 2. The van der Waals surface area contributed by atoms with Crippen molar-refractivity contribution in [2.45, 2.75) is 94.9 Å². The Balaban J connectivity index is 1.40. The summed E-state index contributed by atoms with van der Waals surface area (Å²) in [7, 11) is 0. The number of fused-ring (bicyclic) bond motifs is 3. The van der Waals surface area contributed by atoms with E-state index in [1.165, 1.54) is 13.8 Å². The van der Waals surface area contributed by atoms with Crippen LogP contribution in [0.5, 0.6) is 0 Å². The highest BCUT2D eigenvalue weighted by Gasteiger charge is 2.41. The lowest BCUT2D eigenvalue weighted by Gasteiger charge is -2.30. The molecular weight excluding hydrogens is 639 g/mol. The molecule has 3 aliphatic carbocycles. The van der Waals surface area contributed by atoms with E-state index < -0.39 is 11.9 Å². The average molecular weight is 682 g/mol. The van der Waals surface area contributed by atoms with Gasteiger partial charge in [0, 0.05) is 59.0 Å². The molecule has 2 fully saturated rings. The molecule has 1 aliphatic heterocycles. The fourth-order valence-electron chi connectivity index (χ4n) is 7.62. The molecule has 0 spiro atoms. The van der Waals surface area contributed by atoms with Gasteiger partial charge < -0.3 is 14.6 Å². The van der Waals surface area contributed by atoms with Crippen molar-refractivity contribution >= 4 is 58.1 Å². The molecule has 2 atom stereocenters. The first-order valence-electron chi connectivity index (χ1n) is 17.3. The fourth-order valence-corrected chi connectivity index (χ4v) is 8.02. The van der Waals surface area contributed by atoms with Gasteiger partial charge >= 0.3 is 11.9 Å². The number of carbonyl (C=O) groups excluding carboxylic acids is 4. The Kier molecular flexibility index (Phi) is 10.9. The van der Waals surface area contributed by atoms with E-state index in [0.717, 1.165) is 86.0 Å². The van der Waals surface area contributed by atoms with Crippen LogP contribution in [0, 0.1) is 11.8 Å². The lowest BCUT2D eigenvalue weighted by atomic mass is 9.80. The number of Topliss-reactive ketones (excluding diaryl/α,β-unsaturated/α-hetero) is 2. The molecule has 0 amide bonds. The third kappa shape index (κ3) is 7.64. The van der Waals surface area contributed by atoms with E-state index in [0.29, 0.717) is 11.1 Å². The third-order valence-corrected chi connectivity index (χ3v) is 10.8. The summed E-state index contributed by atoms with van der Waals surface area (Å²) >= 11 is 1.67. The van der Waals surface area contributed by atoms with Crippen LogP contribution in [-0.2, 0) is 24.1 Å². The van der Waals surface area contributed by atoms with Gasteiger partial charge in [-0.25, -0.2) is 9.59 Å². The van der Waals surface area contributed by atoms with Crippen LogP contribution in [0.1, 0.15) is 99.9 Å². The van der Waals surface area contributed by atoms with Gasteiger partial charge in [0.1, 0.15) is 11.4 Å². The summed E-state index contributed by atoms with van der Waals surface area (Å²) in [5.41, 5.74) is 4.36. The minimum Gasteiger partial charge on any atom is -0.333 e. The van der Waals surface area contributed by atoms with Gasteiger partial charge in [0.15, 0.2) is 0 Å². The Bertz CT molecular complexity index is 1730. The van der Waals surface area contributed by atoms with Crippen LogP contribution < -0.4 is 4.90 Å². The van der Waals surface area contributed by atoms with Crippen molar-refractivity contribution < 1.29 is 28.9 Å². The number of carbonyl (C=O) groups is 4. The predicted molar refractivity (Wildman–Crippen MR) is 191 cm³/mol. The number of nitrogens with zero attached hydrogens (tertiary/aromatic N) is 3. The van der Waals surface area contributed by atoms with E-state index in [4.69, 9.17) is 9.68 Å². The summed E-state index contributed by atoms with van der Waals surface area (Å²) in [4.78, 5) is 65.1. The molecule has 1 heterocycles. The molecule has 10 heteroatoms. The number of benzene rings is 2. The smallest absolute Gasteiger partial charge is 0.331 e. The van der Waals surface area contributed by atoms with E-state index in [2.05, 4.69) is 39.5 Å². The van der Waals surface area contributed by atoms with Gasteiger partial charge in [-0.05, 0) is 80.0 Å². The maximum absolute atomic E-state index is 14.1. The molecule has 256 valence electrons. The van der Waals surface area contributed by atoms with E-state index in [1.54, 1.807) is 11.8 Å². The van der Waals surface area contributed by atoms with Crippen LogP contribution in [0.25, 0.3) is 0 Å². The zero-order valence-electron chi connectivity index (χ0n) is 28.4. The Morgan fingerprint density at radius 2 is 1.33 bits per heavy atom. The number of ketones is 2. The summed E-state index contributed by atoms with van der Waals surface area (Å²) in [5, 5.41) is 8.19. The summed E-state index contributed by atoms with van der Waals surface area (Å²) in [6.45, 7) is 2.56. The number of allylic oxidation sites excluding steroid dienone is 2. The second-order valence-electron chi connectivity index (χ2n) is 13.3. The predicted octanol–water partition coefficient (Wildman–Crippen LogP) is 8.26. The van der Waals surface area contributed by atoms with Crippen molar-refractivity contribution in [3.05, 3.63) is 77.4 Å². The quantitative estimate of drug-likeness (QED) is 0.0810. The maximum atomic E-state index is 14.1. The van der Waals surface area contributed by atoms with Crippen LogP contribution >= 0.6 is 11.8 Å². The Morgan fingerprint density at radius 3 is 1.88 bits per heavy atom. The summed E-state index contributed by atoms with van der Waals surface area (Å²) in [6, 6.07) is 13.9. The molecule has 4 aliphatic rings. The average Bonchev–Trinajstić information content (AvgIpc) is 3.45. The number of thioether (sulfide) groups is 1. The molecule has 0 aromatic heterocycles. The Hall–Kier alpha value is -4.31. The monoisotopic (exact) mass is 681 g/mol. The lowest BCUT2D eigenvalue weighted by molar-refractivity contribution is -0.142. The van der Waals surface area contributed by atoms with Gasteiger partial charge in [0.2, 0.25) is 11.6 Å². The highest BCUT2D eigenvalue weighted by Crippen LogP contribution is 2.49. The van der Waals surface area contributed by atoms with Gasteiger partial charge in [-0.15, -0.1) is 11.8 Å². The topological polar surface area (TPSA) is 115 Å². The molecule has 2 aromatic rings. The first-order chi connectivity index (χ1) is 23.7. The highest BCUT2D eigenvalue weighted by atomic mass is 32.2. The molecule has 0 bridgehead atoms. The molecule has 2 unspecified atom stereocenters. The van der Waals surface area contributed by atoms with Crippen molar-refractivity contribution in [1.82, 2.24) is 0 Å². The number of rotatable bonds is 10. The van der Waals surface area contributed by atoms with Crippen LogP contribution in [0.2, 0.25) is 0 Å². The van der Waals surface area contributed by atoms with Crippen LogP contribution in [0.3, 0.4) is 0 Å². The maximum Gasteiger partial charge on any atom is 0.331 e. The van der Waals surface area contributed by atoms with Crippen molar-refractivity contribution in [3.63, 3.8) is 0 Å².